The molecule has 0 atom stereocenters. The summed E-state index contributed by atoms with van der Waals surface area (Å²) in [5.74, 6) is 0.770. The molecule has 0 spiro atoms. The Balaban J connectivity index is 1.47. The highest BCUT2D eigenvalue weighted by molar-refractivity contribution is 7.13. The molecule has 5 rings (SSSR count). The molecule has 7 heteroatoms. The Morgan fingerprint density at radius 1 is 1.17 bits per heavy atom. The number of hydrogen-bond donors (Lipinski definition) is 1. The lowest BCUT2D eigenvalue weighted by atomic mass is 10.2. The summed E-state index contributed by atoms with van der Waals surface area (Å²) in [4.78, 5) is 13.3. The lowest BCUT2D eigenvalue weighted by Crippen LogP contribution is -2.03. The normalized spacial score (nSPS) is 14.6. The second-order valence-corrected chi connectivity index (χ2v) is 6.56. The molecule has 0 unspecified atom stereocenters. The predicted molar refractivity (Wildman–Crippen MR) is 90.5 cm³/mol. The van der Waals surface area contributed by atoms with Crippen LogP contribution in [0.2, 0.25) is 0 Å². The molecule has 1 aliphatic rings. The summed E-state index contributed by atoms with van der Waals surface area (Å²) in [5.41, 5.74) is 2.78. The first-order valence-electron chi connectivity index (χ1n) is 7.65. The van der Waals surface area contributed by atoms with Gasteiger partial charge in [0.05, 0.1) is 23.3 Å². The molecular formula is C16H14N6S. The Hall–Kier alpha value is -2.54. The van der Waals surface area contributed by atoms with E-state index >= 15 is 0 Å². The molecule has 4 aromatic rings. The fourth-order valence-electron chi connectivity index (χ4n) is 2.83. The van der Waals surface area contributed by atoms with Crippen LogP contribution in [0.25, 0.3) is 21.3 Å². The van der Waals surface area contributed by atoms with Crippen LogP contribution in [-0.4, -0.2) is 23.9 Å². The molecule has 6 nitrogen and oxygen atoms in total. The van der Waals surface area contributed by atoms with Gasteiger partial charge >= 0.3 is 0 Å². The molecule has 23 heavy (non-hydrogen) atoms. The highest BCUT2D eigenvalue weighted by Gasteiger charge is 2.26. The smallest absolute Gasteiger partial charge is 0.165 e. The van der Waals surface area contributed by atoms with E-state index in [1.54, 1.807) is 6.33 Å². The Morgan fingerprint density at radius 3 is 3.00 bits per heavy atom. The lowest BCUT2D eigenvalue weighted by Gasteiger charge is -2.05. The summed E-state index contributed by atoms with van der Waals surface area (Å²) in [6.45, 7) is 0.631. The van der Waals surface area contributed by atoms with Gasteiger partial charge in [0.2, 0.25) is 0 Å². The average Bonchev–Trinajstić information content (AvgIpc) is 3.20. The van der Waals surface area contributed by atoms with Crippen LogP contribution >= 0.6 is 11.5 Å². The molecule has 0 bridgehead atoms. The van der Waals surface area contributed by atoms with Crippen LogP contribution in [0.3, 0.4) is 0 Å². The van der Waals surface area contributed by atoms with E-state index in [0.717, 1.165) is 22.7 Å². The minimum absolute atomic E-state index is 0.560. The van der Waals surface area contributed by atoms with Gasteiger partial charge in [-0.1, -0.05) is 18.2 Å². The van der Waals surface area contributed by atoms with Gasteiger partial charge in [-0.15, -0.1) is 0 Å². The summed E-state index contributed by atoms with van der Waals surface area (Å²) >= 11 is 1.53. The number of nitrogens with zero attached hydrogens (tertiary/aromatic N) is 5. The second-order valence-electron chi connectivity index (χ2n) is 5.76. The highest BCUT2D eigenvalue weighted by Crippen LogP contribution is 2.37. The van der Waals surface area contributed by atoms with E-state index < -0.39 is 0 Å². The minimum atomic E-state index is 0.560. The summed E-state index contributed by atoms with van der Waals surface area (Å²) in [6.07, 6.45) is 5.90. The van der Waals surface area contributed by atoms with Gasteiger partial charge < -0.3 is 9.88 Å². The number of nitrogens with one attached hydrogen (secondary N) is 1. The van der Waals surface area contributed by atoms with Crippen LogP contribution in [0.5, 0.6) is 0 Å². The largest absolute Gasteiger partial charge is 0.362 e. The van der Waals surface area contributed by atoms with E-state index in [1.807, 2.05) is 18.5 Å². The zero-order valence-electron chi connectivity index (χ0n) is 12.3. The van der Waals surface area contributed by atoms with Crippen LogP contribution in [0.1, 0.15) is 24.6 Å². The summed E-state index contributed by atoms with van der Waals surface area (Å²) in [7, 11) is 0. The van der Waals surface area contributed by atoms with E-state index in [2.05, 4.69) is 41.3 Å². The maximum Gasteiger partial charge on any atom is 0.165 e. The summed E-state index contributed by atoms with van der Waals surface area (Å²) in [6, 6.07) is 8.84. The SMILES string of the molecule is c1ccc2c(CNc3ncnc4c3ncn4C3CC3)nsc2c1. The molecule has 114 valence electrons. The summed E-state index contributed by atoms with van der Waals surface area (Å²) in [5, 5.41) is 4.57. The minimum Gasteiger partial charge on any atom is -0.362 e. The summed E-state index contributed by atoms with van der Waals surface area (Å²) < 4.78 is 7.90. The van der Waals surface area contributed by atoms with Crippen molar-refractivity contribution in [3.8, 4) is 0 Å². The lowest BCUT2D eigenvalue weighted by molar-refractivity contribution is 0.756. The van der Waals surface area contributed by atoms with Gasteiger partial charge in [-0.05, 0) is 30.4 Å². The Bertz CT molecular complexity index is 1000. The van der Waals surface area contributed by atoms with Crippen molar-refractivity contribution < 1.29 is 0 Å². The van der Waals surface area contributed by atoms with E-state index in [1.165, 1.54) is 34.5 Å². The fourth-order valence-corrected chi connectivity index (χ4v) is 3.63. The Morgan fingerprint density at radius 2 is 2.09 bits per heavy atom. The number of hydrogen-bond acceptors (Lipinski definition) is 6. The topological polar surface area (TPSA) is 68.5 Å². The second kappa shape index (κ2) is 4.99. The quantitative estimate of drug-likeness (QED) is 0.624. The van der Waals surface area contributed by atoms with Gasteiger partial charge in [-0.2, -0.15) is 4.37 Å². The van der Waals surface area contributed by atoms with Crippen LogP contribution in [0.15, 0.2) is 36.9 Å². The van der Waals surface area contributed by atoms with Crippen molar-refractivity contribution in [1.29, 1.82) is 0 Å². The molecule has 1 N–H and O–H groups in total. The molecule has 0 aliphatic heterocycles. The molecular weight excluding hydrogens is 308 g/mol. The third-order valence-corrected chi connectivity index (χ3v) is 5.04. The van der Waals surface area contributed by atoms with Crippen molar-refractivity contribution >= 4 is 38.6 Å². The molecule has 0 saturated heterocycles. The van der Waals surface area contributed by atoms with Crippen molar-refractivity contribution in [1.82, 2.24) is 23.9 Å². The van der Waals surface area contributed by atoms with Crippen molar-refractivity contribution in [3.05, 3.63) is 42.6 Å². The first-order valence-corrected chi connectivity index (χ1v) is 8.42. The van der Waals surface area contributed by atoms with Crippen molar-refractivity contribution in [2.24, 2.45) is 0 Å². The first kappa shape index (κ1) is 13.0. The van der Waals surface area contributed by atoms with E-state index in [-0.39, 0.29) is 0 Å². The monoisotopic (exact) mass is 322 g/mol. The number of benzene rings is 1. The van der Waals surface area contributed by atoms with Crippen molar-refractivity contribution in [2.45, 2.75) is 25.4 Å². The molecule has 1 aromatic carbocycles. The zero-order chi connectivity index (χ0) is 15.2. The maximum atomic E-state index is 4.54. The van der Waals surface area contributed by atoms with Gasteiger partial charge in [0.1, 0.15) is 11.8 Å². The molecule has 1 aliphatic carbocycles. The molecule has 1 fully saturated rings. The average molecular weight is 322 g/mol. The van der Waals surface area contributed by atoms with Crippen molar-refractivity contribution in [2.75, 3.05) is 5.32 Å². The van der Waals surface area contributed by atoms with Gasteiger partial charge in [0, 0.05) is 11.4 Å². The number of anilines is 1. The predicted octanol–water partition coefficient (Wildman–Crippen LogP) is 3.38. The third kappa shape index (κ3) is 2.16. The molecule has 0 radical (unpaired) electrons. The van der Waals surface area contributed by atoms with E-state index in [9.17, 15) is 0 Å². The third-order valence-electron chi connectivity index (χ3n) is 4.17. The van der Waals surface area contributed by atoms with Gasteiger partial charge in [-0.3, -0.25) is 0 Å². The van der Waals surface area contributed by atoms with Crippen LogP contribution in [0.4, 0.5) is 5.82 Å². The first-order chi connectivity index (χ1) is 11.4. The van der Waals surface area contributed by atoms with Gasteiger partial charge in [0.25, 0.3) is 0 Å². The fraction of sp³-hybridized carbons (Fsp3) is 0.250. The number of fused-ring (bicyclic) bond motifs is 2. The van der Waals surface area contributed by atoms with E-state index in [4.69, 9.17) is 0 Å². The standard InChI is InChI=1S/C16H14N6S/c1-2-4-13-11(3-1)12(21-23-13)7-17-15-14-16(19-8-18-15)22(9-20-14)10-5-6-10/h1-4,8-10H,5-7H2,(H,17,18,19). The van der Waals surface area contributed by atoms with Crippen LogP contribution in [0, 0.1) is 0 Å². The Labute approximate surface area is 136 Å². The number of imidazole rings is 1. The highest BCUT2D eigenvalue weighted by atomic mass is 32.1. The maximum absolute atomic E-state index is 4.54. The molecule has 3 aromatic heterocycles. The van der Waals surface area contributed by atoms with Gasteiger partial charge in [0.15, 0.2) is 11.5 Å². The van der Waals surface area contributed by atoms with Crippen molar-refractivity contribution in [3.63, 3.8) is 0 Å². The molecule has 1 saturated carbocycles. The van der Waals surface area contributed by atoms with Gasteiger partial charge in [-0.25, -0.2) is 15.0 Å². The van der Waals surface area contributed by atoms with E-state index in [0.29, 0.717) is 12.6 Å². The van der Waals surface area contributed by atoms with Crippen LogP contribution in [-0.2, 0) is 6.54 Å². The molecule has 0 amide bonds. The van der Waals surface area contributed by atoms with Crippen LogP contribution < -0.4 is 5.32 Å². The number of rotatable bonds is 4. The molecule has 3 heterocycles. The Kier molecular flexibility index (Phi) is 2.81. The zero-order valence-corrected chi connectivity index (χ0v) is 13.1. The number of aromatic nitrogens is 5.